The lowest BCUT2D eigenvalue weighted by atomic mass is 10.1. The Labute approximate surface area is 178 Å². The molecule has 1 aromatic heterocycles. The van der Waals surface area contributed by atoms with Gasteiger partial charge >= 0.3 is 0 Å². The molecule has 6 nitrogen and oxygen atoms in total. The summed E-state index contributed by atoms with van der Waals surface area (Å²) in [5, 5.41) is 15.1. The number of carbonyl (C=O) groups is 1. The number of hydrogen-bond acceptors (Lipinski definition) is 5. The average Bonchev–Trinajstić information content (AvgIpc) is 3.15. The van der Waals surface area contributed by atoms with Crippen molar-refractivity contribution in [2.24, 2.45) is 0 Å². The number of rotatable bonds is 6. The van der Waals surface area contributed by atoms with E-state index in [0.29, 0.717) is 33.5 Å². The lowest BCUT2D eigenvalue weighted by Gasteiger charge is -2.11. The number of amides is 1. The maximum Gasteiger partial charge on any atom is 0.264 e. The standard InChI is InChI=1S/C21H19ClN2O4S/c1-13-3-2-4-15(9-13)27-12-20(26)24-21(29)23-14-5-7-17(18(22)10-14)19-8-6-16(11-25)28-19/h2-10,25H,11-12H2,1H3,(H2,23,24,26,29). The summed E-state index contributed by atoms with van der Waals surface area (Å²) < 4.78 is 10.9. The predicted octanol–water partition coefficient (Wildman–Crippen LogP) is 4.29. The highest BCUT2D eigenvalue weighted by Crippen LogP contribution is 2.31. The maximum absolute atomic E-state index is 12.0. The predicted molar refractivity (Wildman–Crippen MR) is 116 cm³/mol. The first-order chi connectivity index (χ1) is 13.9. The second-order valence-electron chi connectivity index (χ2n) is 6.23. The third-order valence-corrected chi connectivity index (χ3v) is 4.44. The van der Waals surface area contributed by atoms with Crippen LogP contribution in [0.5, 0.6) is 5.75 Å². The highest BCUT2D eigenvalue weighted by molar-refractivity contribution is 7.80. The van der Waals surface area contributed by atoms with Crippen molar-refractivity contribution in [2.45, 2.75) is 13.5 Å². The number of anilines is 1. The summed E-state index contributed by atoms with van der Waals surface area (Å²) in [5.41, 5.74) is 2.33. The largest absolute Gasteiger partial charge is 0.484 e. The van der Waals surface area contributed by atoms with Crippen molar-refractivity contribution in [1.29, 1.82) is 0 Å². The monoisotopic (exact) mass is 430 g/mol. The molecule has 0 saturated carbocycles. The summed E-state index contributed by atoms with van der Waals surface area (Å²) in [6, 6.07) is 16.0. The van der Waals surface area contributed by atoms with Gasteiger partial charge in [-0.1, -0.05) is 23.7 Å². The molecule has 0 fully saturated rings. The number of hydrogen-bond donors (Lipinski definition) is 3. The number of aliphatic hydroxyl groups is 1. The van der Waals surface area contributed by atoms with Crippen molar-refractivity contribution in [1.82, 2.24) is 5.32 Å². The fraction of sp³-hybridized carbons (Fsp3) is 0.143. The van der Waals surface area contributed by atoms with E-state index >= 15 is 0 Å². The Morgan fingerprint density at radius 3 is 2.72 bits per heavy atom. The van der Waals surface area contributed by atoms with E-state index in [9.17, 15) is 4.79 Å². The lowest BCUT2D eigenvalue weighted by molar-refractivity contribution is -0.121. The highest BCUT2D eigenvalue weighted by atomic mass is 35.5. The van der Waals surface area contributed by atoms with Gasteiger partial charge in [0.2, 0.25) is 0 Å². The lowest BCUT2D eigenvalue weighted by Crippen LogP contribution is -2.37. The van der Waals surface area contributed by atoms with Crippen molar-refractivity contribution in [3.63, 3.8) is 0 Å². The number of halogens is 1. The first kappa shape index (κ1) is 20.9. The average molecular weight is 431 g/mol. The van der Waals surface area contributed by atoms with Crippen LogP contribution in [0.2, 0.25) is 5.02 Å². The fourth-order valence-electron chi connectivity index (χ4n) is 2.58. The zero-order valence-electron chi connectivity index (χ0n) is 15.6. The quantitative estimate of drug-likeness (QED) is 0.506. The topological polar surface area (TPSA) is 83.7 Å². The molecule has 0 atom stereocenters. The van der Waals surface area contributed by atoms with E-state index in [1.54, 1.807) is 36.4 Å². The first-order valence-electron chi connectivity index (χ1n) is 8.74. The van der Waals surface area contributed by atoms with E-state index in [1.165, 1.54) is 0 Å². The molecule has 0 aliphatic rings. The van der Waals surface area contributed by atoms with Crippen molar-refractivity contribution >= 4 is 40.5 Å². The molecule has 0 spiro atoms. The molecule has 1 amide bonds. The van der Waals surface area contributed by atoms with Crippen LogP contribution in [0.3, 0.4) is 0 Å². The van der Waals surface area contributed by atoms with Crippen LogP contribution in [0.25, 0.3) is 11.3 Å². The highest BCUT2D eigenvalue weighted by Gasteiger charge is 2.11. The van der Waals surface area contributed by atoms with Crippen LogP contribution in [0, 0.1) is 6.92 Å². The summed E-state index contributed by atoms with van der Waals surface area (Å²) in [5.74, 6) is 1.24. The van der Waals surface area contributed by atoms with Gasteiger partial charge < -0.3 is 19.6 Å². The number of furan rings is 1. The van der Waals surface area contributed by atoms with E-state index in [1.807, 2.05) is 25.1 Å². The third-order valence-electron chi connectivity index (χ3n) is 3.92. The number of thiocarbonyl (C=S) groups is 1. The Balaban J connectivity index is 1.54. The van der Waals surface area contributed by atoms with Crippen LogP contribution >= 0.6 is 23.8 Å². The smallest absolute Gasteiger partial charge is 0.264 e. The molecule has 3 aromatic rings. The minimum absolute atomic E-state index is 0.132. The molecule has 0 unspecified atom stereocenters. The van der Waals surface area contributed by atoms with Gasteiger partial charge in [0.15, 0.2) is 11.7 Å². The molecular weight excluding hydrogens is 412 g/mol. The van der Waals surface area contributed by atoms with E-state index < -0.39 is 0 Å². The van der Waals surface area contributed by atoms with Gasteiger partial charge in [0.1, 0.15) is 23.9 Å². The molecule has 2 aromatic carbocycles. The molecule has 0 bridgehead atoms. The second kappa shape index (κ2) is 9.56. The van der Waals surface area contributed by atoms with E-state index in [4.69, 9.17) is 38.1 Å². The summed E-state index contributed by atoms with van der Waals surface area (Å²) in [4.78, 5) is 12.0. The van der Waals surface area contributed by atoms with Crippen LogP contribution in [0.15, 0.2) is 59.0 Å². The zero-order chi connectivity index (χ0) is 20.8. The summed E-state index contributed by atoms with van der Waals surface area (Å²) in [7, 11) is 0. The van der Waals surface area contributed by atoms with Gasteiger partial charge in [0.05, 0.1) is 5.02 Å². The number of ether oxygens (including phenoxy) is 1. The van der Waals surface area contributed by atoms with Crippen LogP contribution < -0.4 is 15.4 Å². The van der Waals surface area contributed by atoms with E-state index in [0.717, 1.165) is 5.56 Å². The Hall–Kier alpha value is -2.87. The minimum Gasteiger partial charge on any atom is -0.484 e. The van der Waals surface area contributed by atoms with Crippen LogP contribution in [-0.4, -0.2) is 22.7 Å². The Morgan fingerprint density at radius 2 is 2.03 bits per heavy atom. The Bertz CT molecular complexity index is 1040. The molecule has 29 heavy (non-hydrogen) atoms. The molecule has 150 valence electrons. The molecule has 1 heterocycles. The third kappa shape index (κ3) is 5.80. The van der Waals surface area contributed by atoms with Gasteiger partial charge in [-0.05, 0) is 67.2 Å². The van der Waals surface area contributed by atoms with Crippen LogP contribution in [0.4, 0.5) is 5.69 Å². The number of nitrogens with one attached hydrogen (secondary N) is 2. The van der Waals surface area contributed by atoms with Crippen LogP contribution in [-0.2, 0) is 11.4 Å². The molecule has 0 aliphatic carbocycles. The minimum atomic E-state index is -0.376. The fourth-order valence-corrected chi connectivity index (χ4v) is 3.08. The molecule has 3 N–H and O–H groups in total. The number of aliphatic hydroxyl groups excluding tert-OH is 1. The SMILES string of the molecule is Cc1cccc(OCC(=O)NC(=S)Nc2ccc(-c3ccc(CO)o3)c(Cl)c2)c1. The maximum atomic E-state index is 12.0. The molecular formula is C21H19ClN2O4S. The summed E-state index contributed by atoms with van der Waals surface area (Å²) >= 11 is 11.5. The molecule has 3 rings (SSSR count). The van der Waals surface area contributed by atoms with Crippen LogP contribution in [0.1, 0.15) is 11.3 Å². The number of aryl methyl sites for hydroxylation is 1. The number of carbonyl (C=O) groups excluding carboxylic acids is 1. The Morgan fingerprint density at radius 1 is 1.21 bits per heavy atom. The van der Waals surface area contributed by atoms with Crippen molar-refractivity contribution in [2.75, 3.05) is 11.9 Å². The van der Waals surface area contributed by atoms with Gasteiger partial charge in [-0.25, -0.2) is 0 Å². The molecule has 0 saturated heterocycles. The van der Waals surface area contributed by atoms with E-state index in [2.05, 4.69) is 10.6 Å². The van der Waals surface area contributed by atoms with Gasteiger partial charge in [-0.15, -0.1) is 0 Å². The normalized spacial score (nSPS) is 10.4. The Kier molecular flexibility index (Phi) is 6.87. The second-order valence-corrected chi connectivity index (χ2v) is 7.04. The van der Waals surface area contributed by atoms with Crippen molar-refractivity contribution in [3.8, 4) is 17.1 Å². The number of benzene rings is 2. The van der Waals surface area contributed by atoms with E-state index in [-0.39, 0.29) is 24.2 Å². The molecule has 0 radical (unpaired) electrons. The van der Waals surface area contributed by atoms with Gasteiger partial charge in [0, 0.05) is 11.3 Å². The van der Waals surface area contributed by atoms with Crippen molar-refractivity contribution in [3.05, 3.63) is 70.9 Å². The molecule has 0 aliphatic heterocycles. The summed E-state index contributed by atoms with van der Waals surface area (Å²) in [6.07, 6.45) is 0. The summed E-state index contributed by atoms with van der Waals surface area (Å²) in [6.45, 7) is 1.61. The zero-order valence-corrected chi connectivity index (χ0v) is 17.1. The first-order valence-corrected chi connectivity index (χ1v) is 9.53. The van der Waals surface area contributed by atoms with Gasteiger partial charge in [0.25, 0.3) is 5.91 Å². The van der Waals surface area contributed by atoms with Gasteiger partial charge in [-0.2, -0.15) is 0 Å². The van der Waals surface area contributed by atoms with Gasteiger partial charge in [-0.3, -0.25) is 10.1 Å². The molecule has 8 heteroatoms. The van der Waals surface area contributed by atoms with Crippen molar-refractivity contribution < 1.29 is 19.1 Å².